The van der Waals surface area contributed by atoms with Gasteiger partial charge in [-0.05, 0) is 47.9 Å². The van der Waals surface area contributed by atoms with Crippen LogP contribution in [0.2, 0.25) is 0 Å². The molecule has 2 aromatic carbocycles. The van der Waals surface area contributed by atoms with Gasteiger partial charge in [-0.1, -0.05) is 18.2 Å². The van der Waals surface area contributed by atoms with Gasteiger partial charge in [0.05, 0.1) is 0 Å². The summed E-state index contributed by atoms with van der Waals surface area (Å²) in [5.41, 5.74) is 1.63. The summed E-state index contributed by atoms with van der Waals surface area (Å²) in [4.78, 5) is 11.7. The Balaban J connectivity index is 1.80. The van der Waals surface area contributed by atoms with Gasteiger partial charge in [0.25, 0.3) is 0 Å². The van der Waals surface area contributed by atoms with Crippen molar-refractivity contribution < 1.29 is 20.1 Å². The Morgan fingerprint density at radius 1 is 1.00 bits per heavy atom. The zero-order valence-electron chi connectivity index (χ0n) is 11.9. The van der Waals surface area contributed by atoms with Gasteiger partial charge in [0, 0.05) is 12.6 Å². The summed E-state index contributed by atoms with van der Waals surface area (Å²) in [5, 5.41) is 30.5. The molecule has 0 aliphatic heterocycles. The van der Waals surface area contributed by atoms with Crippen molar-refractivity contribution in [3.63, 3.8) is 0 Å². The smallest absolute Gasteiger partial charge is 0.244 e. The molecule has 0 atom stereocenters. The summed E-state index contributed by atoms with van der Waals surface area (Å²) in [6, 6.07) is 11.1. The lowest BCUT2D eigenvalue weighted by molar-refractivity contribution is -0.116. The predicted molar refractivity (Wildman–Crippen MR) is 83.6 cm³/mol. The monoisotopic (exact) mass is 299 g/mol. The van der Waals surface area contributed by atoms with E-state index in [1.54, 1.807) is 36.4 Å². The van der Waals surface area contributed by atoms with E-state index in [-0.39, 0.29) is 23.2 Å². The molecule has 4 N–H and O–H groups in total. The first-order chi connectivity index (χ1) is 10.5. The van der Waals surface area contributed by atoms with Gasteiger partial charge in [0.2, 0.25) is 5.91 Å². The Hall–Kier alpha value is -2.95. The molecule has 0 aliphatic rings. The van der Waals surface area contributed by atoms with E-state index >= 15 is 0 Å². The summed E-state index contributed by atoms with van der Waals surface area (Å²) in [7, 11) is 0. The van der Waals surface area contributed by atoms with Crippen LogP contribution in [0.3, 0.4) is 0 Å². The first-order valence-corrected chi connectivity index (χ1v) is 6.80. The quantitative estimate of drug-likeness (QED) is 0.503. The zero-order chi connectivity index (χ0) is 15.9. The van der Waals surface area contributed by atoms with Crippen LogP contribution in [0.25, 0.3) is 6.08 Å². The second-order valence-electron chi connectivity index (χ2n) is 4.79. The second-order valence-corrected chi connectivity index (χ2v) is 4.79. The third-order valence-electron chi connectivity index (χ3n) is 3.07. The summed E-state index contributed by atoms with van der Waals surface area (Å²) < 4.78 is 0. The normalized spacial score (nSPS) is 10.7. The van der Waals surface area contributed by atoms with Crippen LogP contribution in [0.15, 0.2) is 48.5 Å². The first kappa shape index (κ1) is 15.4. The van der Waals surface area contributed by atoms with Crippen LogP contribution in [-0.2, 0) is 11.2 Å². The molecular formula is C17H17NO4. The number of hydrogen-bond acceptors (Lipinski definition) is 4. The number of benzene rings is 2. The van der Waals surface area contributed by atoms with Crippen LogP contribution in [-0.4, -0.2) is 27.8 Å². The Bertz CT molecular complexity index is 678. The van der Waals surface area contributed by atoms with Crippen molar-refractivity contribution in [3.05, 3.63) is 59.7 Å². The molecule has 5 heteroatoms. The van der Waals surface area contributed by atoms with Gasteiger partial charge in [-0.3, -0.25) is 4.79 Å². The molecule has 22 heavy (non-hydrogen) atoms. The molecule has 0 aliphatic carbocycles. The van der Waals surface area contributed by atoms with E-state index < -0.39 is 0 Å². The molecule has 0 heterocycles. The minimum atomic E-state index is -0.226. The number of carbonyl (C=O) groups excluding carboxylic acids is 1. The Morgan fingerprint density at radius 3 is 2.41 bits per heavy atom. The number of nitrogens with one attached hydrogen (secondary N) is 1. The third-order valence-corrected chi connectivity index (χ3v) is 3.07. The van der Waals surface area contributed by atoms with Gasteiger partial charge in [0.15, 0.2) is 11.5 Å². The molecule has 0 aromatic heterocycles. The largest absolute Gasteiger partial charge is 0.508 e. The maximum absolute atomic E-state index is 11.7. The summed E-state index contributed by atoms with van der Waals surface area (Å²) in [5.74, 6) is -0.379. The van der Waals surface area contributed by atoms with E-state index in [4.69, 9.17) is 5.11 Å². The van der Waals surface area contributed by atoms with E-state index in [0.29, 0.717) is 13.0 Å². The van der Waals surface area contributed by atoms with Gasteiger partial charge in [0.1, 0.15) is 5.75 Å². The zero-order valence-corrected chi connectivity index (χ0v) is 11.9. The lowest BCUT2D eigenvalue weighted by atomic mass is 10.1. The molecule has 0 unspecified atom stereocenters. The fourth-order valence-electron chi connectivity index (χ4n) is 1.87. The lowest BCUT2D eigenvalue weighted by Gasteiger charge is -2.04. The number of aromatic hydroxyl groups is 3. The molecule has 2 rings (SSSR count). The average molecular weight is 299 g/mol. The summed E-state index contributed by atoms with van der Waals surface area (Å²) in [6.07, 6.45) is 3.62. The highest BCUT2D eigenvalue weighted by atomic mass is 16.3. The van der Waals surface area contributed by atoms with Crippen LogP contribution < -0.4 is 5.32 Å². The lowest BCUT2D eigenvalue weighted by Crippen LogP contribution is -2.23. The highest BCUT2D eigenvalue weighted by molar-refractivity contribution is 5.91. The SMILES string of the molecule is O=C(/C=C/c1ccc(O)cc1)NCCc1ccc(O)c(O)c1. The minimum Gasteiger partial charge on any atom is -0.508 e. The maximum atomic E-state index is 11.7. The molecule has 0 saturated carbocycles. The van der Waals surface area contributed by atoms with E-state index in [2.05, 4.69) is 5.32 Å². The summed E-state index contributed by atoms with van der Waals surface area (Å²) in [6.45, 7) is 0.420. The first-order valence-electron chi connectivity index (χ1n) is 6.80. The van der Waals surface area contributed by atoms with Gasteiger partial charge >= 0.3 is 0 Å². The molecule has 2 aromatic rings. The molecule has 0 radical (unpaired) electrons. The highest BCUT2D eigenvalue weighted by Gasteiger charge is 2.01. The second kappa shape index (κ2) is 7.17. The van der Waals surface area contributed by atoms with Crippen LogP contribution in [0, 0.1) is 0 Å². The Kier molecular flexibility index (Phi) is 5.03. The number of carbonyl (C=O) groups is 1. The minimum absolute atomic E-state index is 0.162. The fourth-order valence-corrected chi connectivity index (χ4v) is 1.87. The standard InChI is InChI=1S/C17H17NO4/c19-14-5-1-12(2-6-14)4-8-17(22)18-10-9-13-3-7-15(20)16(21)11-13/h1-8,11,19-21H,9-10H2,(H,18,22)/b8-4+. The van der Waals surface area contributed by atoms with Crippen molar-refractivity contribution in [2.45, 2.75) is 6.42 Å². The van der Waals surface area contributed by atoms with Crippen molar-refractivity contribution in [1.82, 2.24) is 5.32 Å². The van der Waals surface area contributed by atoms with E-state index in [1.165, 1.54) is 18.2 Å². The van der Waals surface area contributed by atoms with E-state index in [0.717, 1.165) is 11.1 Å². The molecule has 0 saturated heterocycles. The van der Waals surface area contributed by atoms with Crippen molar-refractivity contribution in [2.75, 3.05) is 6.54 Å². The van der Waals surface area contributed by atoms with Gasteiger partial charge in [-0.15, -0.1) is 0 Å². The number of hydrogen-bond donors (Lipinski definition) is 4. The van der Waals surface area contributed by atoms with Gasteiger partial charge < -0.3 is 20.6 Å². The molecular weight excluding hydrogens is 282 g/mol. The predicted octanol–water partition coefficient (Wildman–Crippen LogP) is 2.18. The number of rotatable bonds is 5. The van der Waals surface area contributed by atoms with Crippen LogP contribution in [0.1, 0.15) is 11.1 Å². The fraction of sp³-hybridized carbons (Fsp3) is 0.118. The molecule has 1 amide bonds. The topological polar surface area (TPSA) is 89.8 Å². The molecule has 0 spiro atoms. The van der Waals surface area contributed by atoms with Crippen molar-refractivity contribution in [3.8, 4) is 17.2 Å². The molecule has 114 valence electrons. The van der Waals surface area contributed by atoms with Crippen molar-refractivity contribution in [2.24, 2.45) is 0 Å². The number of phenols is 3. The van der Waals surface area contributed by atoms with Crippen molar-refractivity contribution >= 4 is 12.0 Å². The average Bonchev–Trinajstić information content (AvgIpc) is 2.50. The van der Waals surface area contributed by atoms with Gasteiger partial charge in [-0.2, -0.15) is 0 Å². The number of phenolic OH excluding ortho intramolecular Hbond substituents is 3. The van der Waals surface area contributed by atoms with Crippen molar-refractivity contribution in [1.29, 1.82) is 0 Å². The summed E-state index contributed by atoms with van der Waals surface area (Å²) >= 11 is 0. The number of amides is 1. The third kappa shape index (κ3) is 4.56. The van der Waals surface area contributed by atoms with Crippen LogP contribution in [0.4, 0.5) is 0 Å². The molecule has 5 nitrogen and oxygen atoms in total. The van der Waals surface area contributed by atoms with E-state index in [9.17, 15) is 15.0 Å². The molecule has 0 fully saturated rings. The Labute approximate surface area is 128 Å². The van der Waals surface area contributed by atoms with Gasteiger partial charge in [-0.25, -0.2) is 0 Å². The van der Waals surface area contributed by atoms with E-state index in [1.807, 2.05) is 0 Å². The maximum Gasteiger partial charge on any atom is 0.244 e. The molecule has 0 bridgehead atoms. The Morgan fingerprint density at radius 2 is 1.73 bits per heavy atom. The highest BCUT2D eigenvalue weighted by Crippen LogP contribution is 2.24. The van der Waals surface area contributed by atoms with Crippen LogP contribution in [0.5, 0.6) is 17.2 Å². The van der Waals surface area contributed by atoms with Crippen LogP contribution >= 0.6 is 0 Å².